The van der Waals surface area contributed by atoms with Crippen molar-refractivity contribution in [1.82, 2.24) is 0 Å². The first-order chi connectivity index (χ1) is 30.8. The normalized spacial score (nSPS) is 11.5. The first-order valence-electron chi connectivity index (χ1n) is 21.3. The summed E-state index contributed by atoms with van der Waals surface area (Å²) >= 11 is 1.88. The van der Waals surface area contributed by atoms with Gasteiger partial charge in [-0.1, -0.05) is 188 Å². The van der Waals surface area contributed by atoms with Crippen LogP contribution >= 0.6 is 11.3 Å². The summed E-state index contributed by atoms with van der Waals surface area (Å²) in [5.74, 6) is 0. The molecule has 1 aromatic heterocycles. The number of para-hydroxylation sites is 1. The second-order valence-corrected chi connectivity index (χ2v) is 17.1. The fourth-order valence-electron chi connectivity index (χ4n) is 9.60. The minimum absolute atomic E-state index is 1.09. The van der Waals surface area contributed by atoms with Gasteiger partial charge in [-0.3, -0.25) is 0 Å². The van der Waals surface area contributed by atoms with E-state index >= 15 is 0 Å². The molecule has 1 heterocycles. The molecule has 0 unspecified atom stereocenters. The van der Waals surface area contributed by atoms with E-state index in [-0.39, 0.29) is 0 Å². The number of rotatable bonds is 5. The van der Waals surface area contributed by atoms with Crippen LogP contribution in [0.5, 0.6) is 0 Å². The molecule has 0 atom stereocenters. The number of benzene rings is 10. The quantitative estimate of drug-likeness (QED) is 0.167. The third kappa shape index (κ3) is 6.07. The minimum Gasteiger partial charge on any atom is -0.310 e. The third-order valence-corrected chi connectivity index (χ3v) is 13.6. The predicted molar refractivity (Wildman–Crippen MR) is 270 cm³/mol. The van der Waals surface area contributed by atoms with Crippen molar-refractivity contribution in [3.8, 4) is 22.3 Å². The van der Waals surface area contributed by atoms with E-state index in [2.05, 4.69) is 241 Å². The Balaban J connectivity index is 1.24. The lowest BCUT2D eigenvalue weighted by molar-refractivity contribution is 1.29. The molecule has 12 aromatic rings. The predicted octanol–water partition coefficient (Wildman–Crippen LogP) is 17.7. The van der Waals surface area contributed by atoms with Crippen molar-refractivity contribution in [2.75, 3.05) is 4.90 Å². The van der Waals surface area contributed by atoms with Crippen LogP contribution in [0.25, 0.3) is 96.3 Å². The van der Waals surface area contributed by atoms with Crippen LogP contribution in [0, 0.1) is 0 Å². The Bertz CT molecular complexity index is 3740. The van der Waals surface area contributed by atoms with Gasteiger partial charge >= 0.3 is 0 Å². The van der Waals surface area contributed by atoms with Crippen molar-refractivity contribution >= 4 is 102 Å². The lowest BCUT2D eigenvalue weighted by Crippen LogP contribution is -2.11. The van der Waals surface area contributed by atoms with Gasteiger partial charge in [0.25, 0.3) is 0 Å². The molecule has 0 fully saturated rings. The zero-order chi connectivity index (χ0) is 41.0. The molecule has 0 radical (unpaired) electrons. The van der Waals surface area contributed by atoms with Crippen molar-refractivity contribution in [2.45, 2.75) is 0 Å². The monoisotopic (exact) mass is 805 g/mol. The van der Waals surface area contributed by atoms with E-state index in [1.54, 1.807) is 0 Å². The number of hydrogen-bond donors (Lipinski definition) is 0. The van der Waals surface area contributed by atoms with Gasteiger partial charge in [0, 0.05) is 37.1 Å². The van der Waals surface area contributed by atoms with E-state index in [9.17, 15) is 0 Å². The van der Waals surface area contributed by atoms with E-state index in [0.29, 0.717) is 0 Å². The highest BCUT2D eigenvalue weighted by atomic mass is 32.1. The van der Waals surface area contributed by atoms with Crippen LogP contribution in [0.3, 0.4) is 0 Å². The van der Waals surface area contributed by atoms with Gasteiger partial charge in [-0.15, -0.1) is 11.3 Å². The molecule has 2 heteroatoms. The lowest BCUT2D eigenvalue weighted by Gasteiger charge is -2.28. The fraction of sp³-hybridized carbons (Fsp3) is 0. The van der Waals surface area contributed by atoms with Crippen LogP contribution < -0.4 is 4.90 Å². The van der Waals surface area contributed by atoms with Gasteiger partial charge in [-0.05, 0) is 119 Å². The molecule has 0 saturated carbocycles. The molecule has 290 valence electrons. The van der Waals surface area contributed by atoms with E-state index in [1.807, 2.05) is 11.3 Å². The first kappa shape index (κ1) is 36.1. The van der Waals surface area contributed by atoms with Gasteiger partial charge in [0.1, 0.15) is 0 Å². The van der Waals surface area contributed by atoms with Gasteiger partial charge < -0.3 is 4.90 Å². The van der Waals surface area contributed by atoms with Crippen LogP contribution in [0.4, 0.5) is 17.1 Å². The summed E-state index contributed by atoms with van der Waals surface area (Å²) in [6.45, 7) is 0. The minimum atomic E-state index is 1.09. The van der Waals surface area contributed by atoms with Crippen molar-refractivity contribution < 1.29 is 0 Å². The molecule has 0 amide bonds. The average Bonchev–Trinajstić information content (AvgIpc) is 3.72. The van der Waals surface area contributed by atoms with Crippen molar-refractivity contribution in [2.24, 2.45) is 0 Å². The maximum absolute atomic E-state index is 2.47. The fourth-order valence-corrected chi connectivity index (χ4v) is 10.7. The summed E-state index contributed by atoms with van der Waals surface area (Å²) in [6, 6.07) is 87.1. The molecule has 0 saturated heterocycles. The molecule has 1 nitrogen and oxygen atoms in total. The number of fused-ring (bicyclic) bond motifs is 13. The van der Waals surface area contributed by atoms with Crippen LogP contribution in [0.2, 0.25) is 0 Å². The smallest absolute Gasteiger partial charge is 0.0540 e. The molecule has 0 aliphatic carbocycles. The molecular formula is C60H39NS. The van der Waals surface area contributed by atoms with Crippen molar-refractivity contribution in [3.63, 3.8) is 0 Å². The first-order valence-corrected chi connectivity index (χ1v) is 22.1. The SMILES string of the molecule is c1ccc(-c2ccc(N(c3ccc4c(c3)c3ccccc3c3ccccc3c3ccccc3c3cc5sc6ccccc6c5cc43)c3ccccc3-c3ccccc3)cc2)cc1. The second kappa shape index (κ2) is 15.0. The summed E-state index contributed by atoms with van der Waals surface area (Å²) in [6.07, 6.45) is 0. The summed E-state index contributed by atoms with van der Waals surface area (Å²) in [5.41, 5.74) is 8.03. The highest BCUT2D eigenvalue weighted by Crippen LogP contribution is 2.45. The number of hydrogen-bond acceptors (Lipinski definition) is 2. The Hall–Kier alpha value is -7.78. The van der Waals surface area contributed by atoms with Gasteiger partial charge in [0.2, 0.25) is 0 Å². The Morgan fingerprint density at radius 2 is 0.677 bits per heavy atom. The topological polar surface area (TPSA) is 3.24 Å². The molecular weight excluding hydrogens is 767 g/mol. The van der Waals surface area contributed by atoms with Gasteiger partial charge in [-0.2, -0.15) is 0 Å². The Morgan fingerprint density at radius 3 is 1.31 bits per heavy atom. The zero-order valence-corrected chi connectivity index (χ0v) is 34.7. The van der Waals surface area contributed by atoms with Crippen molar-refractivity contribution in [3.05, 3.63) is 237 Å². The van der Waals surface area contributed by atoms with E-state index in [0.717, 1.165) is 17.1 Å². The van der Waals surface area contributed by atoms with E-state index < -0.39 is 0 Å². The third-order valence-electron chi connectivity index (χ3n) is 12.5. The van der Waals surface area contributed by atoms with Crippen LogP contribution in [-0.4, -0.2) is 0 Å². The molecule has 11 aromatic carbocycles. The molecule has 0 N–H and O–H groups in total. The molecule has 0 aliphatic heterocycles. The van der Waals surface area contributed by atoms with Crippen LogP contribution in [0.15, 0.2) is 237 Å². The Morgan fingerprint density at radius 1 is 0.242 bits per heavy atom. The van der Waals surface area contributed by atoms with E-state index in [1.165, 1.54) is 96.3 Å². The average molecular weight is 806 g/mol. The molecule has 0 aliphatic rings. The summed E-state index contributed by atoms with van der Waals surface area (Å²) in [7, 11) is 0. The maximum Gasteiger partial charge on any atom is 0.0540 e. The van der Waals surface area contributed by atoms with Gasteiger partial charge in [-0.25, -0.2) is 0 Å². The lowest BCUT2D eigenvalue weighted by atomic mass is 9.93. The maximum atomic E-state index is 2.47. The molecule has 0 bridgehead atoms. The number of anilines is 3. The van der Waals surface area contributed by atoms with E-state index in [4.69, 9.17) is 0 Å². The second-order valence-electron chi connectivity index (χ2n) is 16.0. The van der Waals surface area contributed by atoms with Gasteiger partial charge in [0.15, 0.2) is 0 Å². The van der Waals surface area contributed by atoms with Crippen LogP contribution in [0.1, 0.15) is 0 Å². The highest BCUT2D eigenvalue weighted by molar-refractivity contribution is 7.25. The van der Waals surface area contributed by atoms with Gasteiger partial charge in [0.05, 0.1) is 5.69 Å². The largest absolute Gasteiger partial charge is 0.310 e. The van der Waals surface area contributed by atoms with Crippen LogP contribution in [-0.2, 0) is 0 Å². The number of thiophene rings is 1. The highest BCUT2D eigenvalue weighted by Gasteiger charge is 2.19. The summed E-state index contributed by atoms with van der Waals surface area (Å²) in [5, 5.41) is 14.8. The standard InChI is InChI=1S/C60H39NS/c1-3-17-40(18-4-1)41-31-33-43(34-32-41)61(58-29-15-13-21-45(58)42-19-5-2-6-20-42)44-35-36-52-54(37-44)50-26-11-9-24-48(50)46-22-7-8-23-47(46)49-25-10-12-27-51(49)56-39-60-57(38-55(52)56)53-28-14-16-30-59(53)62-60/h1-39H. The summed E-state index contributed by atoms with van der Waals surface area (Å²) < 4.78 is 2.60. The Labute approximate surface area is 364 Å². The molecule has 62 heavy (non-hydrogen) atoms. The Kier molecular flexibility index (Phi) is 8.76. The molecule has 12 rings (SSSR count). The molecule has 0 spiro atoms. The number of nitrogens with zero attached hydrogens (tertiary/aromatic N) is 1. The summed E-state index contributed by atoms with van der Waals surface area (Å²) in [4.78, 5) is 2.44. The van der Waals surface area contributed by atoms with Crippen molar-refractivity contribution in [1.29, 1.82) is 0 Å². The zero-order valence-electron chi connectivity index (χ0n) is 33.9.